The van der Waals surface area contributed by atoms with Crippen LogP contribution in [0.25, 0.3) is 0 Å². The largest absolute Gasteiger partial charge is 0.481 e. The number of carbonyl (C=O) groups is 11. The summed E-state index contributed by atoms with van der Waals surface area (Å²) < 4.78 is 69.3. The fourth-order valence-electron chi connectivity index (χ4n) is 12.3. The molecule has 3 heterocycles. The summed E-state index contributed by atoms with van der Waals surface area (Å²) in [6, 6.07) is 2.07. The van der Waals surface area contributed by atoms with E-state index < -0.39 is 156 Å². The topological polar surface area (TPSA) is 421 Å². The number of unbranched alkanes of at least 4 members (excludes halogenated alkanes) is 2. The van der Waals surface area contributed by atoms with Crippen LogP contribution in [0, 0.1) is 23.7 Å². The summed E-state index contributed by atoms with van der Waals surface area (Å²) in [6.07, 6.45) is 1.85. The van der Waals surface area contributed by atoms with Gasteiger partial charge in [0.25, 0.3) is 11.8 Å². The SMILES string of the molecule is CC[C@H](C)[C@@H]([C@@H](CC(=O)N1CCC[C@H]1[C@H](OC)[C@@H](C)C(=O)N[C@H](C)[C@@H](OP(=O)(O)OP(=O)(O)OCCNC(=O)COCCOCCNC(=O)[C@H](CC(=O)N[C@H]1CCOC1=O)NC(=O)CCCCCN1C(=O)C=CC1=O)c1ccccc1)OC)N(C)C(=O)[C@@H](NC(=O)[C@H](C(C)C)N(C)C)C(C)C. The van der Waals surface area contributed by atoms with E-state index in [4.69, 9.17) is 32.7 Å². The molecule has 4 rings (SSSR count). The van der Waals surface area contributed by atoms with Crippen LogP contribution in [0.4, 0.5) is 0 Å². The lowest BCUT2D eigenvalue weighted by Crippen LogP contribution is -2.59. The average molecular weight is 1470 g/mol. The Hall–Kier alpha value is -6.61. The standard InChI is InChI=1S/C66H108N10O23P2/c1-14-43(6)59(74(11)65(86)57(41(2)3)72-64(85)58(42(4)5)73(9)10)50(92-12)39-56(82)75-32-21-24-49(75)60(93-13)44(7)62(83)69-45(8)61(46-22-17-15-18-23-46)98-101(90,91)99-100(88,89)97-35-30-67-53(79)40-95-37-36-94-34-29-68-63(84)48(38-52(78)70-47-28-33-96-66(47)87)71-51(77)25-19-16-20-31-76-54(80)26-27-55(76)81/h15,17-18,22-23,26-27,41-45,47-50,57-61H,14,16,19-21,24-25,28-40H2,1-13H3,(H,67,79)(H,68,84)(H,69,83)(H,70,78)(H,71,77)(H,72,85)(H,88,89)(H,90,91)/t43-,44+,45+,47-,48-,49-,50+,57-,58-,59-,60+,61+/m0/s1. The van der Waals surface area contributed by atoms with Gasteiger partial charge in [0.2, 0.25) is 47.3 Å². The van der Waals surface area contributed by atoms with Crippen LogP contribution in [0.5, 0.6) is 0 Å². The molecule has 2 unspecified atom stereocenters. The van der Waals surface area contributed by atoms with Gasteiger partial charge >= 0.3 is 21.6 Å². The predicted octanol–water partition coefficient (Wildman–Crippen LogP) is 2.19. The van der Waals surface area contributed by atoms with Crippen molar-refractivity contribution in [3.05, 3.63) is 48.0 Å². The van der Waals surface area contributed by atoms with Gasteiger partial charge in [-0.1, -0.05) is 91.6 Å². The number of ether oxygens (including phenoxy) is 5. The molecule has 1 aromatic carbocycles. The number of nitrogens with one attached hydrogen (secondary N) is 6. The maximum atomic E-state index is 14.5. The molecule has 33 nitrogen and oxygen atoms in total. The third-order valence-corrected chi connectivity index (χ3v) is 20.3. The molecule has 0 aliphatic carbocycles. The van der Waals surface area contributed by atoms with Gasteiger partial charge in [0.05, 0.1) is 88.2 Å². The van der Waals surface area contributed by atoms with Gasteiger partial charge in [-0.15, -0.1) is 0 Å². The zero-order chi connectivity index (χ0) is 75.3. The summed E-state index contributed by atoms with van der Waals surface area (Å²) >= 11 is 0. The molecule has 10 amide bonds. The second kappa shape index (κ2) is 42.9. The number of likely N-dealkylation sites (N-methyl/N-ethyl adjacent to an activating group) is 2. The summed E-state index contributed by atoms with van der Waals surface area (Å²) in [4.78, 5) is 171. The van der Waals surface area contributed by atoms with Crippen LogP contribution in [-0.4, -0.2) is 250 Å². The van der Waals surface area contributed by atoms with Crippen molar-refractivity contribution in [2.45, 2.75) is 180 Å². The summed E-state index contributed by atoms with van der Waals surface area (Å²) in [6.45, 7) is 13.4. The van der Waals surface area contributed by atoms with Crippen LogP contribution in [0.15, 0.2) is 42.5 Å². The molecule has 14 atom stereocenters. The van der Waals surface area contributed by atoms with E-state index in [-0.39, 0.29) is 99.8 Å². The number of hydrogen-bond acceptors (Lipinski definition) is 22. The van der Waals surface area contributed by atoms with Gasteiger partial charge in [0, 0.05) is 72.4 Å². The zero-order valence-corrected chi connectivity index (χ0v) is 62.2. The maximum Gasteiger partial charge on any atom is 0.481 e. The summed E-state index contributed by atoms with van der Waals surface area (Å²) in [7, 11) is -2.72. The number of rotatable bonds is 47. The van der Waals surface area contributed by atoms with E-state index in [0.717, 1.165) is 4.90 Å². The quantitative estimate of drug-likeness (QED) is 0.0201. The molecule has 2 saturated heterocycles. The maximum absolute atomic E-state index is 14.5. The Morgan fingerprint density at radius 1 is 0.723 bits per heavy atom. The van der Waals surface area contributed by atoms with E-state index in [1.165, 1.54) is 45.4 Å². The highest BCUT2D eigenvalue weighted by Crippen LogP contribution is 2.62. The highest BCUT2D eigenvalue weighted by atomic mass is 31.3. The molecule has 0 radical (unpaired) electrons. The van der Waals surface area contributed by atoms with Crippen LogP contribution in [-0.2, 0) is 98.9 Å². The van der Waals surface area contributed by atoms with Crippen LogP contribution in [0.3, 0.4) is 0 Å². The zero-order valence-electron chi connectivity index (χ0n) is 60.4. The van der Waals surface area contributed by atoms with Gasteiger partial charge in [-0.25, -0.2) is 13.9 Å². The second-order valence-electron chi connectivity index (χ2n) is 26.2. The minimum Gasteiger partial charge on any atom is -0.464 e. The van der Waals surface area contributed by atoms with Crippen molar-refractivity contribution in [2.24, 2.45) is 23.7 Å². The Kier molecular flexibility index (Phi) is 36.8. The second-order valence-corrected chi connectivity index (χ2v) is 29.2. The van der Waals surface area contributed by atoms with E-state index in [1.807, 2.05) is 60.5 Å². The fourth-order valence-corrected chi connectivity index (χ4v) is 14.6. The van der Waals surface area contributed by atoms with Gasteiger partial charge < -0.3 is 75.2 Å². The molecule has 1 aromatic rings. The minimum absolute atomic E-state index is 0.0224. The Morgan fingerprint density at radius 2 is 1.39 bits per heavy atom. The third kappa shape index (κ3) is 28.2. The van der Waals surface area contributed by atoms with E-state index in [0.29, 0.717) is 45.1 Å². The number of nitrogens with zero attached hydrogens (tertiary/aromatic N) is 4. The smallest absolute Gasteiger partial charge is 0.464 e. The average Bonchev–Trinajstić information content (AvgIpc) is 1.80. The van der Waals surface area contributed by atoms with Crippen molar-refractivity contribution >= 4 is 80.7 Å². The molecule has 3 aliphatic rings. The molecule has 0 saturated carbocycles. The van der Waals surface area contributed by atoms with Gasteiger partial charge in [0.15, 0.2) is 0 Å². The number of likely N-dealkylation sites (tertiary alicyclic amines) is 1. The fraction of sp³-hybridized carbons (Fsp3) is 0.712. The van der Waals surface area contributed by atoms with E-state index in [9.17, 15) is 71.7 Å². The van der Waals surface area contributed by atoms with Crippen molar-refractivity contribution in [1.29, 1.82) is 0 Å². The highest BCUT2D eigenvalue weighted by Gasteiger charge is 2.45. The van der Waals surface area contributed by atoms with Crippen molar-refractivity contribution in [1.82, 2.24) is 51.5 Å². The molecule has 8 N–H and O–H groups in total. The normalized spacial score (nSPS) is 19.6. The number of hydrogen-bond donors (Lipinski definition) is 8. The molecule has 101 heavy (non-hydrogen) atoms. The van der Waals surface area contributed by atoms with Crippen molar-refractivity contribution in [3.63, 3.8) is 0 Å². The van der Waals surface area contributed by atoms with Crippen LogP contribution < -0.4 is 31.9 Å². The molecular weight excluding hydrogens is 1360 g/mol. The molecule has 0 spiro atoms. The Labute approximate surface area is 591 Å². The number of amides is 10. The lowest BCUT2D eigenvalue weighted by atomic mass is 9.89. The molecule has 35 heteroatoms. The van der Waals surface area contributed by atoms with Gasteiger partial charge in [-0.2, -0.15) is 4.31 Å². The number of cyclic esters (lactones) is 1. The summed E-state index contributed by atoms with van der Waals surface area (Å²) in [5, 5.41) is 15.8. The minimum atomic E-state index is -5.53. The predicted molar refractivity (Wildman–Crippen MR) is 366 cm³/mol. The Morgan fingerprint density at radius 3 is 1.99 bits per heavy atom. The Bertz CT molecular complexity index is 3030. The lowest BCUT2D eigenvalue weighted by Gasteiger charge is -2.41. The first-order chi connectivity index (χ1) is 47.7. The summed E-state index contributed by atoms with van der Waals surface area (Å²) in [5.74, 6) is -6.93. The highest BCUT2D eigenvalue weighted by molar-refractivity contribution is 7.61. The van der Waals surface area contributed by atoms with E-state index in [2.05, 4.69) is 36.2 Å². The van der Waals surface area contributed by atoms with E-state index >= 15 is 0 Å². The van der Waals surface area contributed by atoms with Gasteiger partial charge in [-0.3, -0.25) is 66.8 Å². The first-order valence-electron chi connectivity index (χ1n) is 34.3. The molecular formula is C66H108N10O23P2. The Balaban J connectivity index is 1.24. The first-order valence-corrected chi connectivity index (χ1v) is 37.3. The number of carbonyl (C=O) groups excluding carboxylic acids is 11. The third-order valence-electron chi connectivity index (χ3n) is 17.7. The van der Waals surface area contributed by atoms with Crippen LogP contribution in [0.1, 0.15) is 131 Å². The van der Waals surface area contributed by atoms with Crippen molar-refractivity contribution in [3.8, 4) is 0 Å². The number of phosphoric ester groups is 2. The van der Waals surface area contributed by atoms with Crippen LogP contribution in [0.2, 0.25) is 0 Å². The number of imide groups is 1. The number of benzene rings is 1. The monoisotopic (exact) mass is 1470 g/mol. The van der Waals surface area contributed by atoms with Crippen molar-refractivity contribution in [2.75, 3.05) is 101 Å². The number of esters is 1. The molecule has 3 aliphatic heterocycles. The van der Waals surface area contributed by atoms with Gasteiger partial charge in [0.1, 0.15) is 30.8 Å². The molecule has 0 bridgehead atoms. The molecule has 0 aromatic heterocycles. The van der Waals surface area contributed by atoms with E-state index in [1.54, 1.807) is 42.0 Å². The molecule has 2 fully saturated rings. The first kappa shape index (κ1) is 86.8. The molecule has 570 valence electrons. The van der Waals surface area contributed by atoms with Crippen molar-refractivity contribution < 1.29 is 109 Å². The lowest BCUT2D eigenvalue weighted by molar-refractivity contribution is -0.148. The van der Waals surface area contributed by atoms with Gasteiger partial charge in [-0.05, 0) is 70.0 Å². The summed E-state index contributed by atoms with van der Waals surface area (Å²) in [5.41, 5.74) is 0.262. The van der Waals surface area contributed by atoms with Crippen LogP contribution >= 0.6 is 15.6 Å². The number of methoxy groups -OCH3 is 2. The number of phosphoric acid groups is 2.